The second-order valence-electron chi connectivity index (χ2n) is 7.46. The van der Waals surface area contributed by atoms with Gasteiger partial charge in [0.15, 0.2) is 5.65 Å². The Labute approximate surface area is 190 Å². The summed E-state index contributed by atoms with van der Waals surface area (Å²) in [7, 11) is 0. The SMILES string of the molecule is CCSc1ccccc1C(=O)NCCn1ncc2c(=O)n(Cc3cccc(C)c3)cnc21. The Morgan fingerprint density at radius 3 is 2.81 bits per heavy atom. The van der Waals surface area contributed by atoms with Crippen LogP contribution >= 0.6 is 11.8 Å². The van der Waals surface area contributed by atoms with Crippen molar-refractivity contribution >= 4 is 28.7 Å². The van der Waals surface area contributed by atoms with E-state index in [-0.39, 0.29) is 11.5 Å². The number of aromatic nitrogens is 4. The van der Waals surface area contributed by atoms with Crippen LogP contribution in [-0.2, 0) is 13.1 Å². The number of rotatable bonds is 8. The molecule has 164 valence electrons. The van der Waals surface area contributed by atoms with E-state index in [0.29, 0.717) is 36.2 Å². The van der Waals surface area contributed by atoms with Gasteiger partial charge in [-0.3, -0.25) is 14.2 Å². The first kappa shape index (κ1) is 21.8. The normalized spacial score (nSPS) is 11.1. The summed E-state index contributed by atoms with van der Waals surface area (Å²) in [4.78, 5) is 30.9. The lowest BCUT2D eigenvalue weighted by Gasteiger charge is -2.10. The summed E-state index contributed by atoms with van der Waals surface area (Å²) in [6.07, 6.45) is 3.11. The average Bonchev–Trinajstić information content (AvgIpc) is 3.20. The zero-order valence-electron chi connectivity index (χ0n) is 18.1. The van der Waals surface area contributed by atoms with Gasteiger partial charge in [-0.1, -0.05) is 48.9 Å². The minimum absolute atomic E-state index is 0.119. The third-order valence-corrected chi connectivity index (χ3v) is 6.05. The summed E-state index contributed by atoms with van der Waals surface area (Å²) < 4.78 is 3.24. The molecule has 0 unspecified atom stereocenters. The first-order valence-electron chi connectivity index (χ1n) is 10.5. The van der Waals surface area contributed by atoms with Crippen LogP contribution in [0.25, 0.3) is 11.0 Å². The minimum atomic E-state index is -0.127. The fourth-order valence-electron chi connectivity index (χ4n) is 3.59. The van der Waals surface area contributed by atoms with Gasteiger partial charge in [-0.15, -0.1) is 11.8 Å². The van der Waals surface area contributed by atoms with Crippen LogP contribution in [0.5, 0.6) is 0 Å². The highest BCUT2D eigenvalue weighted by Crippen LogP contribution is 2.22. The molecule has 0 saturated heterocycles. The van der Waals surface area contributed by atoms with E-state index in [9.17, 15) is 9.59 Å². The van der Waals surface area contributed by atoms with Gasteiger partial charge in [0, 0.05) is 11.4 Å². The standard InChI is InChI=1S/C24H25N5O2S/c1-3-32-21-10-5-4-9-19(21)23(30)25-11-12-29-22-20(14-27-29)24(31)28(16-26-22)15-18-8-6-7-17(2)13-18/h4-10,13-14,16H,3,11-12,15H2,1-2H3,(H,25,30). The maximum Gasteiger partial charge on any atom is 0.264 e. The van der Waals surface area contributed by atoms with Gasteiger partial charge < -0.3 is 5.32 Å². The number of carbonyl (C=O) groups is 1. The number of hydrogen-bond acceptors (Lipinski definition) is 5. The maximum atomic E-state index is 12.9. The zero-order valence-corrected chi connectivity index (χ0v) is 18.9. The summed E-state index contributed by atoms with van der Waals surface area (Å²) in [5, 5.41) is 7.73. The van der Waals surface area contributed by atoms with E-state index in [4.69, 9.17) is 0 Å². The predicted octanol–water partition coefficient (Wildman–Crippen LogP) is 3.49. The molecular formula is C24H25N5O2S. The van der Waals surface area contributed by atoms with Gasteiger partial charge in [0.25, 0.3) is 11.5 Å². The highest BCUT2D eigenvalue weighted by atomic mass is 32.2. The van der Waals surface area contributed by atoms with Crippen LogP contribution in [0.3, 0.4) is 0 Å². The van der Waals surface area contributed by atoms with Crippen LogP contribution in [0.2, 0.25) is 0 Å². The molecule has 1 amide bonds. The molecule has 0 aliphatic rings. The second-order valence-corrected chi connectivity index (χ2v) is 8.76. The van der Waals surface area contributed by atoms with Crippen molar-refractivity contribution in [3.8, 4) is 0 Å². The van der Waals surface area contributed by atoms with Crippen molar-refractivity contribution in [3.05, 3.63) is 88.1 Å². The summed E-state index contributed by atoms with van der Waals surface area (Å²) in [6, 6.07) is 15.6. The van der Waals surface area contributed by atoms with Gasteiger partial charge in [0.1, 0.15) is 11.7 Å². The molecule has 2 aromatic carbocycles. The number of nitrogens with one attached hydrogen (secondary N) is 1. The third kappa shape index (κ3) is 4.75. The molecule has 0 saturated carbocycles. The van der Waals surface area contributed by atoms with Crippen molar-refractivity contribution in [2.75, 3.05) is 12.3 Å². The monoisotopic (exact) mass is 447 g/mol. The molecule has 0 atom stereocenters. The number of thioether (sulfide) groups is 1. The van der Waals surface area contributed by atoms with Crippen molar-refractivity contribution in [3.63, 3.8) is 0 Å². The maximum absolute atomic E-state index is 12.9. The predicted molar refractivity (Wildman–Crippen MR) is 127 cm³/mol. The molecular weight excluding hydrogens is 422 g/mol. The molecule has 0 radical (unpaired) electrons. The molecule has 0 aliphatic heterocycles. The van der Waals surface area contributed by atoms with Gasteiger partial charge in [0.05, 0.1) is 24.8 Å². The molecule has 0 aliphatic carbocycles. The number of amides is 1. The van der Waals surface area contributed by atoms with E-state index in [2.05, 4.69) is 28.4 Å². The molecule has 4 rings (SSSR count). The Kier molecular flexibility index (Phi) is 6.70. The van der Waals surface area contributed by atoms with Crippen LogP contribution < -0.4 is 10.9 Å². The Bertz CT molecular complexity index is 1310. The second kappa shape index (κ2) is 9.82. The molecule has 8 heteroatoms. The third-order valence-electron chi connectivity index (χ3n) is 5.10. The lowest BCUT2D eigenvalue weighted by atomic mass is 10.1. The quantitative estimate of drug-likeness (QED) is 0.418. The molecule has 0 fully saturated rings. The van der Waals surface area contributed by atoms with Crippen LogP contribution in [0, 0.1) is 6.92 Å². The zero-order chi connectivity index (χ0) is 22.5. The van der Waals surface area contributed by atoms with Crippen molar-refractivity contribution in [1.82, 2.24) is 24.6 Å². The topological polar surface area (TPSA) is 81.8 Å². The fraction of sp³-hybridized carbons (Fsp3) is 0.250. The summed E-state index contributed by atoms with van der Waals surface area (Å²) in [5.74, 6) is 0.780. The van der Waals surface area contributed by atoms with Crippen molar-refractivity contribution < 1.29 is 4.79 Å². The minimum Gasteiger partial charge on any atom is -0.350 e. The Morgan fingerprint density at radius 1 is 1.16 bits per heavy atom. The number of carbonyl (C=O) groups excluding carboxylic acids is 1. The van der Waals surface area contributed by atoms with E-state index in [1.54, 1.807) is 33.5 Å². The number of benzene rings is 2. The van der Waals surface area contributed by atoms with E-state index in [1.165, 1.54) is 0 Å². The Hall–Kier alpha value is -3.39. The van der Waals surface area contributed by atoms with Crippen molar-refractivity contribution in [1.29, 1.82) is 0 Å². The first-order chi connectivity index (χ1) is 15.6. The summed E-state index contributed by atoms with van der Waals surface area (Å²) >= 11 is 1.64. The molecule has 7 nitrogen and oxygen atoms in total. The van der Waals surface area contributed by atoms with E-state index < -0.39 is 0 Å². The van der Waals surface area contributed by atoms with Crippen LogP contribution in [0.4, 0.5) is 0 Å². The Balaban J connectivity index is 1.45. The number of fused-ring (bicyclic) bond motifs is 1. The summed E-state index contributed by atoms with van der Waals surface area (Å²) in [5.41, 5.74) is 3.26. The van der Waals surface area contributed by atoms with Gasteiger partial charge in [0.2, 0.25) is 0 Å². The van der Waals surface area contributed by atoms with E-state index in [1.807, 2.05) is 49.4 Å². The van der Waals surface area contributed by atoms with Crippen LogP contribution in [0.1, 0.15) is 28.4 Å². The van der Waals surface area contributed by atoms with Crippen molar-refractivity contribution in [2.45, 2.75) is 31.8 Å². The number of aryl methyl sites for hydroxylation is 1. The summed E-state index contributed by atoms with van der Waals surface area (Å²) in [6.45, 7) is 5.35. The lowest BCUT2D eigenvalue weighted by molar-refractivity contribution is 0.0949. The number of nitrogens with zero attached hydrogens (tertiary/aromatic N) is 4. The fourth-order valence-corrected chi connectivity index (χ4v) is 4.39. The number of hydrogen-bond donors (Lipinski definition) is 1. The Morgan fingerprint density at radius 2 is 2.00 bits per heavy atom. The largest absolute Gasteiger partial charge is 0.350 e. The molecule has 1 N–H and O–H groups in total. The highest BCUT2D eigenvalue weighted by molar-refractivity contribution is 7.99. The highest BCUT2D eigenvalue weighted by Gasteiger charge is 2.13. The molecule has 0 bridgehead atoms. The molecule has 2 heterocycles. The average molecular weight is 448 g/mol. The van der Waals surface area contributed by atoms with Gasteiger partial charge in [-0.2, -0.15) is 5.10 Å². The molecule has 2 aromatic heterocycles. The molecule has 0 spiro atoms. The van der Waals surface area contributed by atoms with Crippen LogP contribution in [0.15, 0.2) is 70.7 Å². The smallest absolute Gasteiger partial charge is 0.264 e. The first-order valence-corrected chi connectivity index (χ1v) is 11.5. The van der Waals surface area contributed by atoms with Crippen molar-refractivity contribution in [2.24, 2.45) is 0 Å². The molecule has 4 aromatic rings. The van der Waals surface area contributed by atoms with E-state index in [0.717, 1.165) is 21.8 Å². The van der Waals surface area contributed by atoms with Gasteiger partial charge in [-0.05, 0) is 30.4 Å². The lowest BCUT2D eigenvalue weighted by Crippen LogP contribution is -2.28. The van der Waals surface area contributed by atoms with Gasteiger partial charge in [-0.25, -0.2) is 9.67 Å². The van der Waals surface area contributed by atoms with Gasteiger partial charge >= 0.3 is 0 Å². The van der Waals surface area contributed by atoms with E-state index >= 15 is 0 Å². The van der Waals surface area contributed by atoms with Crippen LogP contribution in [-0.4, -0.2) is 37.5 Å². The molecule has 32 heavy (non-hydrogen) atoms.